The molecule has 0 unspecified atom stereocenters. The molecule has 25 heavy (non-hydrogen) atoms. The zero-order chi connectivity index (χ0) is 19.0. The van der Waals surface area contributed by atoms with E-state index in [9.17, 15) is 0 Å². The van der Waals surface area contributed by atoms with Crippen molar-refractivity contribution in [3.63, 3.8) is 0 Å². The average molecular weight is 374 g/mol. The summed E-state index contributed by atoms with van der Waals surface area (Å²) < 4.78 is 0.492. The molecule has 1 aromatic carbocycles. The number of amidine groups is 1. The van der Waals surface area contributed by atoms with Gasteiger partial charge in [-0.2, -0.15) is 0 Å². The third-order valence-electron chi connectivity index (χ3n) is 3.27. The molecule has 2 aromatic rings. The minimum Gasteiger partial charge on any atom is -0.383 e. The first-order chi connectivity index (χ1) is 11.8. The second-order valence-electron chi connectivity index (χ2n) is 6.36. The Balaban J connectivity index is 0.00000151. The molecule has 0 fully saturated rings. The third-order valence-corrected chi connectivity index (χ3v) is 4.38. The lowest BCUT2D eigenvalue weighted by molar-refractivity contribution is 0.569. The molecule has 5 heteroatoms. The molecule has 0 bridgehead atoms. The zero-order valence-corrected chi connectivity index (χ0v) is 17.5. The third kappa shape index (κ3) is 6.96. The first-order valence-electron chi connectivity index (χ1n) is 8.35. The Morgan fingerprint density at radius 2 is 1.68 bits per heavy atom. The van der Waals surface area contributed by atoms with Gasteiger partial charge in [-0.3, -0.25) is 4.98 Å². The van der Waals surface area contributed by atoms with Crippen LogP contribution in [0.2, 0.25) is 0 Å². The zero-order valence-electron chi connectivity index (χ0n) is 15.8. The molecule has 0 amide bonds. The number of rotatable bonds is 2. The second kappa shape index (κ2) is 9.68. The van der Waals surface area contributed by atoms with Crippen LogP contribution in [-0.2, 0) is 5.41 Å². The van der Waals surface area contributed by atoms with Crippen LogP contribution in [0.3, 0.4) is 0 Å². The highest BCUT2D eigenvalue weighted by atomic mass is 32.2. The number of nitrogens with two attached hydrogens (primary N) is 1. The molecular formula is C20H27N3S2. The summed E-state index contributed by atoms with van der Waals surface area (Å²) in [4.78, 5) is 9.82. The van der Waals surface area contributed by atoms with Crippen molar-refractivity contribution in [3.05, 3.63) is 59.4 Å². The number of aromatic nitrogens is 1. The Kier molecular flexibility index (Phi) is 8.26. The lowest BCUT2D eigenvalue weighted by atomic mass is 9.91. The molecule has 0 saturated carbocycles. The maximum Gasteiger partial charge on any atom is 0.166 e. The predicted octanol–water partition coefficient (Wildman–Crippen LogP) is 5.50. The van der Waals surface area contributed by atoms with Crippen molar-refractivity contribution in [1.29, 1.82) is 0 Å². The van der Waals surface area contributed by atoms with Crippen LogP contribution < -0.4 is 5.73 Å². The smallest absolute Gasteiger partial charge is 0.166 e. The first kappa shape index (κ1) is 21.3. The minimum atomic E-state index is 0.0149. The molecule has 3 nitrogen and oxygen atoms in total. The van der Waals surface area contributed by atoms with Crippen LogP contribution in [0.25, 0.3) is 0 Å². The van der Waals surface area contributed by atoms with E-state index in [-0.39, 0.29) is 5.41 Å². The Morgan fingerprint density at radius 3 is 2.16 bits per heavy atom. The largest absolute Gasteiger partial charge is 0.383 e. The molecule has 0 aliphatic rings. The first-order valence-corrected chi connectivity index (χ1v) is 9.58. The summed E-state index contributed by atoms with van der Waals surface area (Å²) in [6.45, 7) is 12.4. The maximum atomic E-state index is 6.04. The summed E-state index contributed by atoms with van der Waals surface area (Å²) in [7, 11) is 0. The molecule has 2 rings (SSSR count). The number of aliphatic imine (C=N–C) groups is 1. The summed E-state index contributed by atoms with van der Waals surface area (Å²) in [5.41, 5.74) is 9.07. The van der Waals surface area contributed by atoms with E-state index in [1.165, 1.54) is 17.3 Å². The number of thiocarbonyl (C=S) groups is 1. The van der Waals surface area contributed by atoms with E-state index in [0.717, 1.165) is 16.2 Å². The number of hydrogen-bond donors (Lipinski definition) is 1. The van der Waals surface area contributed by atoms with Gasteiger partial charge < -0.3 is 5.73 Å². The van der Waals surface area contributed by atoms with Gasteiger partial charge in [-0.15, -0.1) is 0 Å². The van der Waals surface area contributed by atoms with Gasteiger partial charge in [0.2, 0.25) is 0 Å². The SMILES string of the molecule is CC.Cc1ccc(SC(=S)/N=C(\N)c2ccc(C(C)(C)C)nc2)cc1. The summed E-state index contributed by atoms with van der Waals surface area (Å²) in [6.07, 6.45) is 1.75. The normalized spacial score (nSPS) is 11.5. The van der Waals surface area contributed by atoms with Gasteiger partial charge in [-0.25, -0.2) is 4.99 Å². The van der Waals surface area contributed by atoms with Crippen LogP contribution >= 0.6 is 24.0 Å². The van der Waals surface area contributed by atoms with E-state index in [0.29, 0.717) is 10.2 Å². The highest BCUT2D eigenvalue weighted by Gasteiger charge is 2.15. The lowest BCUT2D eigenvalue weighted by Crippen LogP contribution is -2.17. The molecule has 0 spiro atoms. The highest BCUT2D eigenvalue weighted by Crippen LogP contribution is 2.22. The Labute approximate surface area is 161 Å². The van der Waals surface area contributed by atoms with E-state index in [1.54, 1.807) is 6.20 Å². The van der Waals surface area contributed by atoms with E-state index in [4.69, 9.17) is 18.0 Å². The standard InChI is InChI=1S/C18H21N3S2.C2H6/c1-12-5-8-14(9-6-12)23-17(22)21-16(19)13-7-10-15(20-11-13)18(2,3)4;1-2/h5-11H,1-4H3,(H2,19,21,22);1-2H3. The van der Waals surface area contributed by atoms with Crippen molar-refractivity contribution in [2.45, 2.75) is 51.9 Å². The quantitative estimate of drug-likeness (QED) is 0.327. The Morgan fingerprint density at radius 1 is 1.08 bits per heavy atom. The maximum absolute atomic E-state index is 6.04. The van der Waals surface area contributed by atoms with Crippen molar-refractivity contribution in [2.24, 2.45) is 10.7 Å². The van der Waals surface area contributed by atoms with Crippen molar-refractivity contribution >= 4 is 34.1 Å². The number of pyridine rings is 1. The van der Waals surface area contributed by atoms with Crippen molar-refractivity contribution in [2.75, 3.05) is 0 Å². The molecule has 134 valence electrons. The molecule has 0 aliphatic carbocycles. The van der Waals surface area contributed by atoms with Gasteiger partial charge in [0.25, 0.3) is 0 Å². The van der Waals surface area contributed by atoms with E-state index in [2.05, 4.69) is 37.7 Å². The second-order valence-corrected chi connectivity index (χ2v) is 8.07. The van der Waals surface area contributed by atoms with Crippen LogP contribution in [-0.4, -0.2) is 15.1 Å². The molecule has 0 aliphatic heterocycles. The van der Waals surface area contributed by atoms with Crippen molar-refractivity contribution < 1.29 is 0 Å². The minimum absolute atomic E-state index is 0.0149. The van der Waals surface area contributed by atoms with Gasteiger partial charge in [0, 0.05) is 27.8 Å². The topological polar surface area (TPSA) is 51.3 Å². The van der Waals surface area contributed by atoms with Gasteiger partial charge in [0.1, 0.15) is 5.84 Å². The van der Waals surface area contributed by atoms with Gasteiger partial charge >= 0.3 is 0 Å². The van der Waals surface area contributed by atoms with Gasteiger partial charge in [-0.1, -0.05) is 76.3 Å². The highest BCUT2D eigenvalue weighted by molar-refractivity contribution is 8.23. The average Bonchev–Trinajstić information content (AvgIpc) is 2.58. The van der Waals surface area contributed by atoms with Gasteiger partial charge in [0.05, 0.1) is 0 Å². The van der Waals surface area contributed by atoms with Crippen LogP contribution in [0.5, 0.6) is 0 Å². The van der Waals surface area contributed by atoms with E-state index < -0.39 is 0 Å². The van der Waals surface area contributed by atoms with Crippen LogP contribution in [0.15, 0.2) is 52.5 Å². The molecule has 0 atom stereocenters. The van der Waals surface area contributed by atoms with Gasteiger partial charge in [-0.05, 0) is 31.2 Å². The number of aryl methyl sites for hydroxylation is 1. The monoisotopic (exact) mass is 373 g/mol. The fourth-order valence-electron chi connectivity index (χ4n) is 1.88. The molecular weight excluding hydrogens is 346 g/mol. The Hall–Kier alpha value is -1.72. The summed E-state index contributed by atoms with van der Waals surface area (Å²) >= 11 is 6.73. The fourth-order valence-corrected chi connectivity index (χ4v) is 2.89. The molecule has 0 saturated heterocycles. The number of benzene rings is 1. The summed E-state index contributed by atoms with van der Waals surface area (Å²) in [5.74, 6) is 0.391. The molecule has 1 heterocycles. The molecule has 2 N–H and O–H groups in total. The van der Waals surface area contributed by atoms with Crippen LogP contribution in [0, 0.1) is 6.92 Å². The number of hydrogen-bond acceptors (Lipinski definition) is 3. The van der Waals surface area contributed by atoms with E-state index in [1.807, 2.05) is 50.2 Å². The van der Waals surface area contributed by atoms with Crippen LogP contribution in [0.4, 0.5) is 0 Å². The predicted molar refractivity (Wildman–Crippen MR) is 115 cm³/mol. The van der Waals surface area contributed by atoms with Gasteiger partial charge in [0.15, 0.2) is 4.32 Å². The Bertz CT molecular complexity index is 712. The fraction of sp³-hybridized carbons (Fsp3) is 0.350. The van der Waals surface area contributed by atoms with Crippen molar-refractivity contribution in [1.82, 2.24) is 4.98 Å². The molecule has 1 aromatic heterocycles. The summed E-state index contributed by atoms with van der Waals surface area (Å²) in [5, 5.41) is 0. The van der Waals surface area contributed by atoms with Crippen molar-refractivity contribution in [3.8, 4) is 0 Å². The number of thioether (sulfide) groups is 1. The summed E-state index contributed by atoms with van der Waals surface area (Å²) in [6, 6.07) is 12.1. The molecule has 0 radical (unpaired) electrons. The number of nitrogens with zero attached hydrogens (tertiary/aromatic N) is 2. The van der Waals surface area contributed by atoms with E-state index >= 15 is 0 Å². The lowest BCUT2D eigenvalue weighted by Gasteiger charge is -2.17. The van der Waals surface area contributed by atoms with Crippen LogP contribution in [0.1, 0.15) is 51.4 Å².